The van der Waals surface area contributed by atoms with Crippen molar-refractivity contribution in [3.63, 3.8) is 0 Å². The van der Waals surface area contributed by atoms with E-state index < -0.39 is 5.97 Å². The number of aryl methyl sites for hydroxylation is 1. The number of hydrogen-bond acceptors (Lipinski definition) is 5. The molecule has 0 aliphatic rings. The molecule has 5 nitrogen and oxygen atoms in total. The Morgan fingerprint density at radius 1 is 1.41 bits per heavy atom. The van der Waals surface area contributed by atoms with Crippen molar-refractivity contribution in [2.45, 2.75) is 19.1 Å². The monoisotopic (exact) mass is 336 g/mol. The zero-order valence-corrected chi connectivity index (χ0v) is 13.7. The maximum Gasteiger partial charge on any atom is 0.304 e. The standard InChI is InChI=1S/C15H16N2O3S2/c1-10-16-8-13(22-10)15(20)17-12-4-2-3-11(7-12)9-21-6-5-14(18)19/h2-4,7-8H,5-6,9H2,1H3,(H,17,20)(H,18,19). The average Bonchev–Trinajstić information content (AvgIpc) is 2.91. The zero-order chi connectivity index (χ0) is 15.9. The Bertz CT molecular complexity index is 670. The topological polar surface area (TPSA) is 79.3 Å². The van der Waals surface area contributed by atoms with E-state index in [1.807, 2.05) is 31.2 Å². The van der Waals surface area contributed by atoms with Crippen LogP contribution in [0.4, 0.5) is 5.69 Å². The number of thioether (sulfide) groups is 1. The molecule has 0 unspecified atom stereocenters. The van der Waals surface area contributed by atoms with Crippen LogP contribution in [0.15, 0.2) is 30.5 Å². The lowest BCUT2D eigenvalue weighted by atomic mass is 10.2. The van der Waals surface area contributed by atoms with Crippen LogP contribution in [-0.2, 0) is 10.5 Å². The fourth-order valence-corrected chi connectivity index (χ4v) is 3.30. The number of aliphatic carboxylic acids is 1. The number of thiazole rings is 1. The Labute approximate surface area is 136 Å². The maximum absolute atomic E-state index is 12.1. The molecule has 1 aromatic heterocycles. The van der Waals surface area contributed by atoms with E-state index in [-0.39, 0.29) is 12.3 Å². The highest BCUT2D eigenvalue weighted by Crippen LogP contribution is 2.19. The van der Waals surface area contributed by atoms with Gasteiger partial charge >= 0.3 is 5.97 Å². The number of amides is 1. The number of carboxylic acids is 1. The highest BCUT2D eigenvalue weighted by atomic mass is 32.2. The summed E-state index contributed by atoms with van der Waals surface area (Å²) < 4.78 is 0. The fourth-order valence-electron chi connectivity index (χ4n) is 1.75. The second-order valence-corrected chi connectivity index (χ2v) is 6.93. The first-order valence-electron chi connectivity index (χ1n) is 6.67. The normalized spacial score (nSPS) is 10.4. The van der Waals surface area contributed by atoms with Gasteiger partial charge in [-0.1, -0.05) is 12.1 Å². The van der Waals surface area contributed by atoms with Gasteiger partial charge in [0.05, 0.1) is 17.6 Å². The van der Waals surface area contributed by atoms with Crippen LogP contribution in [0.3, 0.4) is 0 Å². The smallest absolute Gasteiger partial charge is 0.304 e. The predicted molar refractivity (Wildman–Crippen MR) is 89.7 cm³/mol. The van der Waals surface area contributed by atoms with Crippen molar-refractivity contribution >= 4 is 40.7 Å². The zero-order valence-electron chi connectivity index (χ0n) is 12.0. The highest BCUT2D eigenvalue weighted by Gasteiger charge is 2.09. The lowest BCUT2D eigenvalue weighted by Gasteiger charge is -2.06. The number of carbonyl (C=O) groups excluding carboxylic acids is 1. The van der Waals surface area contributed by atoms with Gasteiger partial charge < -0.3 is 10.4 Å². The van der Waals surface area contributed by atoms with Gasteiger partial charge in [-0.2, -0.15) is 11.8 Å². The van der Waals surface area contributed by atoms with Gasteiger partial charge in [0.15, 0.2) is 0 Å². The summed E-state index contributed by atoms with van der Waals surface area (Å²) in [5, 5.41) is 12.3. The molecule has 0 aliphatic heterocycles. The molecule has 0 bridgehead atoms. The van der Waals surface area contributed by atoms with E-state index in [2.05, 4.69) is 10.3 Å². The number of benzene rings is 1. The molecule has 0 aliphatic carbocycles. The molecule has 2 N–H and O–H groups in total. The minimum atomic E-state index is -0.784. The van der Waals surface area contributed by atoms with Crippen LogP contribution in [0.2, 0.25) is 0 Å². The number of carbonyl (C=O) groups is 2. The molecule has 0 spiro atoms. The van der Waals surface area contributed by atoms with Gasteiger partial charge in [0, 0.05) is 17.2 Å². The Hall–Kier alpha value is -1.86. The second kappa shape index (κ2) is 7.95. The van der Waals surface area contributed by atoms with Gasteiger partial charge in [-0.05, 0) is 24.6 Å². The summed E-state index contributed by atoms with van der Waals surface area (Å²) in [4.78, 5) is 27.2. The molecule has 116 valence electrons. The van der Waals surface area contributed by atoms with E-state index in [1.54, 1.807) is 18.0 Å². The Kier molecular flexibility index (Phi) is 5.97. The fraction of sp³-hybridized carbons (Fsp3) is 0.267. The van der Waals surface area contributed by atoms with E-state index in [0.717, 1.165) is 22.0 Å². The van der Waals surface area contributed by atoms with E-state index in [4.69, 9.17) is 5.11 Å². The van der Waals surface area contributed by atoms with Gasteiger partial charge in [0.1, 0.15) is 4.88 Å². The first kappa shape index (κ1) is 16.5. The minimum Gasteiger partial charge on any atom is -0.481 e. The third-order valence-electron chi connectivity index (χ3n) is 2.76. The first-order valence-corrected chi connectivity index (χ1v) is 8.64. The molecule has 7 heteroatoms. The first-order chi connectivity index (χ1) is 10.5. The number of nitrogens with zero attached hydrogens (tertiary/aromatic N) is 1. The van der Waals surface area contributed by atoms with Crippen molar-refractivity contribution in [2.24, 2.45) is 0 Å². The van der Waals surface area contributed by atoms with Gasteiger partial charge in [-0.25, -0.2) is 4.98 Å². The highest BCUT2D eigenvalue weighted by molar-refractivity contribution is 7.98. The molecule has 1 aromatic carbocycles. The van der Waals surface area contributed by atoms with Gasteiger partial charge in [-0.15, -0.1) is 11.3 Å². The predicted octanol–water partition coefficient (Wildman–Crippen LogP) is 3.41. The molecule has 0 fully saturated rings. The molecule has 0 saturated carbocycles. The molecule has 0 atom stereocenters. The quantitative estimate of drug-likeness (QED) is 0.758. The van der Waals surface area contributed by atoms with Crippen molar-refractivity contribution in [3.8, 4) is 0 Å². The van der Waals surface area contributed by atoms with Crippen LogP contribution < -0.4 is 5.32 Å². The average molecular weight is 336 g/mol. The summed E-state index contributed by atoms with van der Waals surface area (Å²) in [7, 11) is 0. The molecule has 1 amide bonds. The van der Waals surface area contributed by atoms with Gasteiger partial charge in [0.25, 0.3) is 5.91 Å². The number of rotatable bonds is 7. The van der Waals surface area contributed by atoms with E-state index >= 15 is 0 Å². The molecular weight excluding hydrogens is 320 g/mol. The van der Waals surface area contributed by atoms with Crippen LogP contribution in [-0.4, -0.2) is 27.7 Å². The number of carboxylic acid groups (broad SMARTS) is 1. The molecule has 2 rings (SSSR count). The van der Waals surface area contributed by atoms with Gasteiger partial charge in [0.2, 0.25) is 0 Å². The van der Waals surface area contributed by atoms with Crippen LogP contribution in [0.25, 0.3) is 0 Å². The Morgan fingerprint density at radius 2 is 2.23 bits per heavy atom. The summed E-state index contributed by atoms with van der Waals surface area (Å²) in [6.45, 7) is 1.86. The lowest BCUT2D eigenvalue weighted by molar-refractivity contribution is -0.136. The van der Waals surface area contributed by atoms with Crippen LogP contribution in [0.5, 0.6) is 0 Å². The number of anilines is 1. The largest absolute Gasteiger partial charge is 0.481 e. The van der Waals surface area contributed by atoms with E-state index in [0.29, 0.717) is 10.6 Å². The molecule has 22 heavy (non-hydrogen) atoms. The molecule has 0 saturated heterocycles. The summed E-state index contributed by atoms with van der Waals surface area (Å²) in [5.41, 5.74) is 1.78. The number of nitrogens with one attached hydrogen (secondary N) is 1. The van der Waals surface area contributed by atoms with Crippen molar-refractivity contribution in [2.75, 3.05) is 11.1 Å². The SMILES string of the molecule is Cc1ncc(C(=O)Nc2cccc(CSCCC(=O)O)c2)s1. The maximum atomic E-state index is 12.1. The molecular formula is C15H16N2O3S2. The third-order valence-corrected chi connectivity index (χ3v) is 4.70. The summed E-state index contributed by atoms with van der Waals surface area (Å²) in [6, 6.07) is 7.57. The molecule has 2 aromatic rings. The van der Waals surface area contributed by atoms with Crippen LogP contribution in [0.1, 0.15) is 26.7 Å². The number of hydrogen-bond donors (Lipinski definition) is 2. The Morgan fingerprint density at radius 3 is 2.91 bits per heavy atom. The Balaban J connectivity index is 1.90. The van der Waals surface area contributed by atoms with Crippen LogP contribution in [0, 0.1) is 6.92 Å². The summed E-state index contributed by atoms with van der Waals surface area (Å²) in [6.07, 6.45) is 1.73. The van der Waals surface area contributed by atoms with Crippen molar-refractivity contribution in [1.29, 1.82) is 0 Å². The number of aromatic nitrogens is 1. The molecule has 0 radical (unpaired) electrons. The van der Waals surface area contributed by atoms with E-state index in [9.17, 15) is 9.59 Å². The van der Waals surface area contributed by atoms with E-state index in [1.165, 1.54) is 11.3 Å². The van der Waals surface area contributed by atoms with Crippen molar-refractivity contribution < 1.29 is 14.7 Å². The molecule has 1 heterocycles. The summed E-state index contributed by atoms with van der Waals surface area (Å²) >= 11 is 2.92. The lowest BCUT2D eigenvalue weighted by Crippen LogP contribution is -2.10. The van der Waals surface area contributed by atoms with Crippen LogP contribution >= 0.6 is 23.1 Å². The minimum absolute atomic E-state index is 0.159. The van der Waals surface area contributed by atoms with Crippen molar-refractivity contribution in [3.05, 3.63) is 45.9 Å². The van der Waals surface area contributed by atoms with Gasteiger partial charge in [-0.3, -0.25) is 9.59 Å². The third kappa shape index (κ3) is 5.16. The summed E-state index contributed by atoms with van der Waals surface area (Å²) in [5.74, 6) is 0.345. The second-order valence-electron chi connectivity index (χ2n) is 4.59. The van der Waals surface area contributed by atoms with Crippen molar-refractivity contribution in [1.82, 2.24) is 4.98 Å².